The quantitative estimate of drug-likeness (QED) is 0.744. The Bertz CT molecular complexity index is 417. The molecule has 0 saturated heterocycles. The summed E-state index contributed by atoms with van der Waals surface area (Å²) in [7, 11) is 0. The summed E-state index contributed by atoms with van der Waals surface area (Å²) >= 11 is 0. The number of hydrogen-bond acceptors (Lipinski definition) is 2. The van der Waals surface area contributed by atoms with E-state index in [2.05, 4.69) is 28.6 Å². The number of nitrogens with zero attached hydrogens (tertiary/aromatic N) is 2. The van der Waals surface area contributed by atoms with Crippen LogP contribution in [0, 0.1) is 6.92 Å². The van der Waals surface area contributed by atoms with Crippen molar-refractivity contribution in [1.82, 2.24) is 9.38 Å². The van der Waals surface area contributed by atoms with E-state index in [0.717, 1.165) is 12.1 Å². The van der Waals surface area contributed by atoms with Gasteiger partial charge in [0.25, 0.3) is 0 Å². The summed E-state index contributed by atoms with van der Waals surface area (Å²) in [6.07, 6.45) is 4.86. The lowest BCUT2D eigenvalue weighted by molar-refractivity contribution is 0.902. The first-order chi connectivity index (χ1) is 6.31. The van der Waals surface area contributed by atoms with Crippen LogP contribution in [0.3, 0.4) is 0 Å². The molecule has 2 rings (SSSR count). The third-order valence-corrected chi connectivity index (χ3v) is 2.13. The van der Waals surface area contributed by atoms with Gasteiger partial charge in [0.05, 0.1) is 0 Å². The smallest absolute Gasteiger partial charge is 0.136 e. The zero-order valence-electron chi connectivity index (χ0n) is 7.70. The normalized spacial score (nSPS) is 10.9. The number of aryl methyl sites for hydroxylation is 1. The van der Waals surface area contributed by atoms with Gasteiger partial charge in [-0.05, 0) is 25.1 Å². The molecule has 0 saturated carbocycles. The Hall–Kier alpha value is -1.35. The summed E-state index contributed by atoms with van der Waals surface area (Å²) in [6.45, 7) is 2.74. The predicted molar refractivity (Wildman–Crippen MR) is 52.7 cm³/mol. The predicted octanol–water partition coefficient (Wildman–Crippen LogP) is 1.14. The fourth-order valence-electron chi connectivity index (χ4n) is 1.47. The summed E-state index contributed by atoms with van der Waals surface area (Å²) in [6, 6.07) is 4.09. The molecule has 2 aromatic rings. The second-order valence-corrected chi connectivity index (χ2v) is 3.22. The van der Waals surface area contributed by atoms with Crippen LogP contribution in [0.15, 0.2) is 24.5 Å². The Balaban J connectivity index is 2.58. The third-order valence-electron chi connectivity index (χ3n) is 2.13. The van der Waals surface area contributed by atoms with Crippen molar-refractivity contribution in [2.24, 2.45) is 5.73 Å². The molecule has 2 heterocycles. The van der Waals surface area contributed by atoms with Gasteiger partial charge in [-0.25, -0.2) is 4.98 Å². The van der Waals surface area contributed by atoms with Gasteiger partial charge in [0.1, 0.15) is 5.65 Å². The van der Waals surface area contributed by atoms with Crippen molar-refractivity contribution >= 4 is 5.65 Å². The molecule has 3 heteroatoms. The van der Waals surface area contributed by atoms with E-state index in [1.807, 2.05) is 12.3 Å². The number of pyridine rings is 1. The summed E-state index contributed by atoms with van der Waals surface area (Å²) in [4.78, 5) is 4.29. The molecule has 0 spiro atoms. The van der Waals surface area contributed by atoms with Crippen LogP contribution in [-0.4, -0.2) is 15.9 Å². The minimum Gasteiger partial charge on any atom is -0.330 e. The van der Waals surface area contributed by atoms with Gasteiger partial charge < -0.3 is 10.1 Å². The lowest BCUT2D eigenvalue weighted by Crippen LogP contribution is -2.04. The first-order valence-electron chi connectivity index (χ1n) is 4.44. The van der Waals surface area contributed by atoms with E-state index in [9.17, 15) is 0 Å². The number of nitrogens with two attached hydrogens (primary N) is 1. The highest BCUT2D eigenvalue weighted by atomic mass is 15.0. The summed E-state index contributed by atoms with van der Waals surface area (Å²) in [5.74, 6) is 0. The van der Waals surface area contributed by atoms with E-state index in [0.29, 0.717) is 6.54 Å². The monoisotopic (exact) mass is 175 g/mol. The molecule has 0 aliphatic carbocycles. The SMILES string of the molecule is Cc1ccc2ncc(CCN)n2c1. The summed E-state index contributed by atoms with van der Waals surface area (Å²) < 4.78 is 2.10. The second kappa shape index (κ2) is 3.18. The molecule has 0 bridgehead atoms. The average molecular weight is 175 g/mol. The highest BCUT2D eigenvalue weighted by Gasteiger charge is 2.00. The maximum absolute atomic E-state index is 5.51. The molecule has 0 fully saturated rings. The van der Waals surface area contributed by atoms with Gasteiger partial charge in [0.15, 0.2) is 0 Å². The third kappa shape index (κ3) is 1.42. The first kappa shape index (κ1) is 8.26. The molecule has 0 atom stereocenters. The molecular formula is C10H13N3. The molecule has 0 aliphatic rings. The maximum atomic E-state index is 5.51. The minimum atomic E-state index is 0.668. The van der Waals surface area contributed by atoms with Gasteiger partial charge in [0.2, 0.25) is 0 Å². The Morgan fingerprint density at radius 1 is 1.46 bits per heavy atom. The topological polar surface area (TPSA) is 43.3 Å². The standard InChI is InChI=1S/C10H13N3/c1-8-2-3-10-12-6-9(4-5-11)13(10)7-8/h2-3,6-7H,4-5,11H2,1H3. The molecule has 0 aromatic carbocycles. The van der Waals surface area contributed by atoms with Crippen molar-refractivity contribution in [1.29, 1.82) is 0 Å². The van der Waals surface area contributed by atoms with Crippen LogP contribution in [0.2, 0.25) is 0 Å². The molecule has 0 amide bonds. The maximum Gasteiger partial charge on any atom is 0.136 e. The van der Waals surface area contributed by atoms with Crippen LogP contribution < -0.4 is 5.73 Å². The highest BCUT2D eigenvalue weighted by molar-refractivity contribution is 5.41. The lowest BCUT2D eigenvalue weighted by Gasteiger charge is -2.00. The van der Waals surface area contributed by atoms with Gasteiger partial charge in [-0.2, -0.15) is 0 Å². The minimum absolute atomic E-state index is 0.668. The number of imidazole rings is 1. The van der Waals surface area contributed by atoms with Crippen LogP contribution in [0.1, 0.15) is 11.3 Å². The Labute approximate surface area is 77.2 Å². The molecule has 2 aromatic heterocycles. The Morgan fingerprint density at radius 2 is 2.31 bits per heavy atom. The summed E-state index contributed by atoms with van der Waals surface area (Å²) in [5.41, 5.74) is 8.92. The van der Waals surface area contributed by atoms with E-state index in [4.69, 9.17) is 5.73 Å². The molecule has 68 valence electrons. The molecule has 0 unspecified atom stereocenters. The number of hydrogen-bond donors (Lipinski definition) is 1. The number of fused-ring (bicyclic) bond motifs is 1. The van der Waals surface area contributed by atoms with E-state index in [-0.39, 0.29) is 0 Å². The van der Waals surface area contributed by atoms with Crippen LogP contribution in [0.25, 0.3) is 5.65 Å². The van der Waals surface area contributed by atoms with Crippen molar-refractivity contribution in [3.8, 4) is 0 Å². The zero-order chi connectivity index (χ0) is 9.26. The largest absolute Gasteiger partial charge is 0.330 e. The van der Waals surface area contributed by atoms with E-state index in [1.165, 1.54) is 11.3 Å². The molecule has 2 N–H and O–H groups in total. The van der Waals surface area contributed by atoms with E-state index < -0.39 is 0 Å². The number of aromatic nitrogens is 2. The van der Waals surface area contributed by atoms with Crippen LogP contribution in [0.4, 0.5) is 0 Å². The van der Waals surface area contributed by atoms with Crippen molar-refractivity contribution in [2.75, 3.05) is 6.54 Å². The van der Waals surface area contributed by atoms with Crippen LogP contribution in [-0.2, 0) is 6.42 Å². The van der Waals surface area contributed by atoms with Gasteiger partial charge >= 0.3 is 0 Å². The van der Waals surface area contributed by atoms with Crippen molar-refractivity contribution in [3.63, 3.8) is 0 Å². The van der Waals surface area contributed by atoms with Crippen LogP contribution >= 0.6 is 0 Å². The van der Waals surface area contributed by atoms with Gasteiger partial charge in [-0.3, -0.25) is 0 Å². The molecule has 13 heavy (non-hydrogen) atoms. The van der Waals surface area contributed by atoms with Gasteiger partial charge in [-0.1, -0.05) is 6.07 Å². The van der Waals surface area contributed by atoms with Gasteiger partial charge in [0, 0.05) is 24.5 Å². The molecule has 0 aliphatic heterocycles. The van der Waals surface area contributed by atoms with Crippen molar-refractivity contribution < 1.29 is 0 Å². The molecule has 0 radical (unpaired) electrons. The van der Waals surface area contributed by atoms with E-state index >= 15 is 0 Å². The van der Waals surface area contributed by atoms with E-state index in [1.54, 1.807) is 0 Å². The summed E-state index contributed by atoms with van der Waals surface area (Å²) in [5, 5.41) is 0. The molecular weight excluding hydrogens is 162 g/mol. The number of rotatable bonds is 2. The van der Waals surface area contributed by atoms with Gasteiger partial charge in [-0.15, -0.1) is 0 Å². The highest BCUT2D eigenvalue weighted by Crippen LogP contribution is 2.08. The fourth-order valence-corrected chi connectivity index (χ4v) is 1.47. The first-order valence-corrected chi connectivity index (χ1v) is 4.44. The average Bonchev–Trinajstić information content (AvgIpc) is 2.49. The van der Waals surface area contributed by atoms with Crippen molar-refractivity contribution in [3.05, 3.63) is 35.8 Å². The second-order valence-electron chi connectivity index (χ2n) is 3.22. The van der Waals surface area contributed by atoms with Crippen molar-refractivity contribution in [2.45, 2.75) is 13.3 Å². The lowest BCUT2D eigenvalue weighted by atomic mass is 10.3. The molecule has 3 nitrogen and oxygen atoms in total. The Morgan fingerprint density at radius 3 is 3.08 bits per heavy atom. The zero-order valence-corrected chi connectivity index (χ0v) is 7.70. The van der Waals surface area contributed by atoms with Crippen LogP contribution in [0.5, 0.6) is 0 Å². The Kier molecular flexibility index (Phi) is 2.02. The fraction of sp³-hybridized carbons (Fsp3) is 0.300.